The standard InChI is InChI=1S/C46H34N10O18S4/c1-21-16-34(35(72-3)20-37(21)77(65,66)67)52-54-41-42(46(59)60)55-56(45(41)58)23-6-4-22(5-7-23)44-47-33-13-11-27-29(39(33)48-44)19-36(75-74-73-61)40(43(27)57)53-50-31-15-14-30(26-10-9-25(18-28(26)31)76(62,63)64)49-51-32-12-8-24(71-2)17-38(32)78(68,69)70/h4-20,55,57,61H,1-3H3,(H,47,48)(H,59,60)(H,62,63,64)(H,65,66,67)(H,68,69,70). The SMILES string of the molecule is COc1ccc(N=Nc2ccc(N=Nc3c(SOOO)cc4c(ccc5nc(-c6ccc(-n7[nH]c(C(=O)O)c(N=Nc8cc(C)c(S(=O)(=O)O)cc8OC)c7=O)cc6)[nH]c54)c3O)c3cc(S(=O)(=O)O)ccc23)c(S(=O)(=O)O)c1. The number of aromatic carboxylic acids is 1. The number of phenolic OH excluding ortho intramolecular Hbond substituents is 1. The number of benzene rings is 7. The van der Waals surface area contributed by atoms with Gasteiger partial charge in [-0.1, -0.05) is 11.1 Å². The molecule has 0 saturated heterocycles. The van der Waals surface area contributed by atoms with Crippen molar-refractivity contribution < 1.29 is 78.0 Å². The van der Waals surface area contributed by atoms with Crippen molar-refractivity contribution in [2.75, 3.05) is 14.2 Å². The summed E-state index contributed by atoms with van der Waals surface area (Å²) in [6.45, 7) is 1.37. The normalized spacial score (nSPS) is 12.6. The van der Waals surface area contributed by atoms with Gasteiger partial charge in [0.1, 0.15) is 44.2 Å². The Kier molecular flexibility index (Phi) is 14.5. The number of fused-ring (bicyclic) bond motifs is 4. The predicted octanol–water partition coefficient (Wildman–Crippen LogP) is 10.2. The smallest absolute Gasteiger partial charge is 0.356 e. The number of aromatic amines is 2. The van der Waals surface area contributed by atoms with Gasteiger partial charge in [-0.2, -0.15) is 25.3 Å². The Bertz CT molecular complexity index is 4470. The largest absolute Gasteiger partial charge is 0.505 e. The third-order valence-corrected chi connectivity index (χ3v) is 14.9. The van der Waals surface area contributed by atoms with Crippen LogP contribution >= 0.6 is 12.0 Å². The van der Waals surface area contributed by atoms with Gasteiger partial charge >= 0.3 is 5.97 Å². The van der Waals surface area contributed by atoms with Gasteiger partial charge in [-0.15, -0.1) is 35.0 Å². The molecule has 2 aromatic heterocycles. The van der Waals surface area contributed by atoms with Gasteiger partial charge in [0.2, 0.25) is 0 Å². The minimum atomic E-state index is -4.80. The van der Waals surface area contributed by atoms with Crippen LogP contribution in [0.4, 0.5) is 34.1 Å². The van der Waals surface area contributed by atoms with E-state index in [1.165, 1.54) is 81.8 Å². The number of rotatable bonds is 17. The summed E-state index contributed by atoms with van der Waals surface area (Å²) in [5.41, 5.74) is -1.28. The summed E-state index contributed by atoms with van der Waals surface area (Å²) in [5, 5.41) is 62.5. The zero-order chi connectivity index (χ0) is 56.0. The van der Waals surface area contributed by atoms with Crippen LogP contribution in [0.25, 0.3) is 49.7 Å². The van der Waals surface area contributed by atoms with E-state index in [1.807, 2.05) is 0 Å². The molecule has 28 nitrogen and oxygen atoms in total. The van der Waals surface area contributed by atoms with Crippen LogP contribution in [0, 0.1) is 6.92 Å². The van der Waals surface area contributed by atoms with E-state index in [2.05, 4.69) is 50.8 Å². The van der Waals surface area contributed by atoms with E-state index in [1.54, 1.807) is 18.2 Å². The summed E-state index contributed by atoms with van der Waals surface area (Å²) >= 11 is 0.412. The Morgan fingerprint density at radius 3 is 1.96 bits per heavy atom. The number of carboxylic acids is 1. The summed E-state index contributed by atoms with van der Waals surface area (Å²) < 4.78 is 118. The molecule has 0 atom stereocenters. The molecule has 7 aromatic carbocycles. The fourth-order valence-electron chi connectivity index (χ4n) is 7.90. The monoisotopic (exact) mass is 1140 g/mol. The second kappa shape index (κ2) is 20.9. The lowest BCUT2D eigenvalue weighted by Crippen LogP contribution is -2.13. The maximum Gasteiger partial charge on any atom is 0.356 e. The molecule has 400 valence electrons. The zero-order valence-electron chi connectivity index (χ0n) is 39.6. The van der Waals surface area contributed by atoms with Crippen molar-refractivity contribution >= 4 is 115 Å². The number of phenols is 1. The number of methoxy groups -OCH3 is 2. The van der Waals surface area contributed by atoms with Gasteiger partial charge in [-0.3, -0.25) is 23.6 Å². The molecule has 0 amide bonds. The number of hydrogen-bond acceptors (Lipinski definition) is 22. The number of carboxylic acid groups (broad SMARTS) is 1. The molecule has 0 spiro atoms. The van der Waals surface area contributed by atoms with E-state index >= 15 is 0 Å². The fraction of sp³-hybridized carbons (Fsp3) is 0.0652. The number of carbonyl (C=O) groups is 1. The zero-order valence-corrected chi connectivity index (χ0v) is 42.9. The van der Waals surface area contributed by atoms with Crippen LogP contribution < -0.4 is 15.0 Å². The molecule has 0 aliphatic heterocycles. The van der Waals surface area contributed by atoms with Crippen molar-refractivity contribution in [2.24, 2.45) is 30.7 Å². The van der Waals surface area contributed by atoms with Crippen LogP contribution in [-0.4, -0.2) is 94.3 Å². The number of azo groups is 3. The first kappa shape index (κ1) is 54.0. The summed E-state index contributed by atoms with van der Waals surface area (Å²) in [6, 6.07) is 22.7. The van der Waals surface area contributed by atoms with Crippen molar-refractivity contribution in [3.8, 4) is 34.3 Å². The highest BCUT2D eigenvalue weighted by atomic mass is 32.2. The molecule has 9 rings (SSSR count). The maximum absolute atomic E-state index is 13.6. The molecule has 0 radical (unpaired) electrons. The maximum atomic E-state index is 13.6. The number of aryl methyl sites for hydroxylation is 1. The third-order valence-electron chi connectivity index (χ3n) is 11.5. The molecule has 0 saturated carbocycles. The van der Waals surface area contributed by atoms with E-state index < -0.39 is 73.7 Å². The number of H-pyrrole nitrogens is 2. The highest BCUT2D eigenvalue weighted by molar-refractivity contribution is 7.94. The minimum Gasteiger partial charge on any atom is -0.505 e. The molecule has 78 heavy (non-hydrogen) atoms. The Morgan fingerprint density at radius 1 is 0.667 bits per heavy atom. The van der Waals surface area contributed by atoms with Gasteiger partial charge in [0, 0.05) is 39.2 Å². The number of nitrogens with one attached hydrogen (secondary N) is 2. The topological polar surface area (TPSA) is 418 Å². The van der Waals surface area contributed by atoms with Crippen molar-refractivity contribution in [1.29, 1.82) is 0 Å². The van der Waals surface area contributed by atoms with Crippen molar-refractivity contribution in [3.63, 3.8) is 0 Å². The number of aromatic nitrogens is 4. The van der Waals surface area contributed by atoms with Crippen molar-refractivity contribution in [1.82, 2.24) is 19.7 Å². The molecule has 0 fully saturated rings. The highest BCUT2D eigenvalue weighted by Gasteiger charge is 2.24. The van der Waals surface area contributed by atoms with E-state index in [0.717, 1.165) is 28.9 Å². The Hall–Kier alpha value is -8.83. The van der Waals surface area contributed by atoms with E-state index in [0.29, 0.717) is 39.9 Å². The molecule has 9 aromatic rings. The first-order valence-electron chi connectivity index (χ1n) is 21.6. The van der Waals surface area contributed by atoms with Gasteiger partial charge in [0.05, 0.1) is 64.1 Å². The van der Waals surface area contributed by atoms with Gasteiger partial charge < -0.3 is 24.7 Å². The summed E-state index contributed by atoms with van der Waals surface area (Å²) in [6.07, 6.45) is 0. The quantitative estimate of drug-likeness (QED) is 0.0138. The number of aromatic hydroxyl groups is 1. The predicted molar refractivity (Wildman–Crippen MR) is 275 cm³/mol. The number of nitrogens with zero attached hydrogens (tertiary/aromatic N) is 8. The first-order valence-corrected chi connectivity index (χ1v) is 26.7. The van der Waals surface area contributed by atoms with Crippen LogP contribution in [-0.2, 0) is 39.7 Å². The number of ether oxygens (including phenoxy) is 2. The summed E-state index contributed by atoms with van der Waals surface area (Å²) in [5.74, 6) is -1.78. The van der Waals surface area contributed by atoms with E-state index in [9.17, 15) is 58.7 Å². The molecular formula is C46H34N10O18S4. The van der Waals surface area contributed by atoms with Gasteiger partial charge in [0.15, 0.2) is 17.1 Å². The van der Waals surface area contributed by atoms with Crippen LogP contribution in [0.3, 0.4) is 0 Å². The molecule has 0 aliphatic carbocycles. The lowest BCUT2D eigenvalue weighted by Gasteiger charge is -2.10. The first-order chi connectivity index (χ1) is 37.0. The molecule has 0 bridgehead atoms. The highest BCUT2D eigenvalue weighted by Crippen LogP contribution is 2.47. The van der Waals surface area contributed by atoms with Crippen LogP contribution in [0.2, 0.25) is 0 Å². The average molecular weight is 1140 g/mol. The van der Waals surface area contributed by atoms with E-state index in [4.69, 9.17) is 19.1 Å². The van der Waals surface area contributed by atoms with E-state index in [-0.39, 0.29) is 72.2 Å². The second-order valence-corrected chi connectivity index (χ2v) is 21.2. The van der Waals surface area contributed by atoms with Gasteiger partial charge in [-0.05, 0) is 97.4 Å². The molecule has 32 heteroatoms. The second-order valence-electron chi connectivity index (χ2n) is 16.2. The Labute approximate surface area is 441 Å². The minimum absolute atomic E-state index is 0.00798. The van der Waals surface area contributed by atoms with Gasteiger partial charge in [0.25, 0.3) is 35.9 Å². The summed E-state index contributed by atoms with van der Waals surface area (Å²) in [7, 11) is -11.7. The third kappa shape index (κ3) is 10.7. The van der Waals surface area contributed by atoms with Crippen LogP contribution in [0.15, 0.2) is 158 Å². The molecule has 0 aliphatic rings. The summed E-state index contributed by atoms with van der Waals surface area (Å²) in [4.78, 5) is 32.1. The van der Waals surface area contributed by atoms with Crippen LogP contribution in [0.1, 0.15) is 16.1 Å². The van der Waals surface area contributed by atoms with Crippen molar-refractivity contribution in [2.45, 2.75) is 26.5 Å². The molecule has 2 heterocycles. The lowest BCUT2D eigenvalue weighted by atomic mass is 10.1. The number of imidazole rings is 1. The number of hydrogen-bond donors (Lipinski definition) is 8. The molecule has 8 N–H and O–H groups in total. The Balaban J connectivity index is 1.05. The molecular weight excluding hydrogens is 1110 g/mol. The average Bonchev–Trinajstić information content (AvgIpc) is 4.12. The van der Waals surface area contributed by atoms with Gasteiger partial charge in [-0.25, -0.2) is 19.7 Å². The van der Waals surface area contributed by atoms with Crippen molar-refractivity contribution in [3.05, 3.63) is 125 Å². The lowest BCUT2D eigenvalue weighted by molar-refractivity contribution is -0.432. The molecule has 0 unspecified atom stereocenters. The fourth-order valence-corrected chi connectivity index (χ4v) is 10.3. The Morgan fingerprint density at radius 2 is 1.31 bits per heavy atom. The van der Waals surface area contributed by atoms with Crippen LogP contribution in [0.5, 0.6) is 17.2 Å².